The molecule has 8 heteroatoms. The molecule has 2 fully saturated rings. The van der Waals surface area contributed by atoms with Crippen molar-refractivity contribution >= 4 is 39.1 Å². The van der Waals surface area contributed by atoms with E-state index in [1.54, 1.807) is 18.2 Å². The maximum Gasteiger partial charge on any atom is 0.227 e. The van der Waals surface area contributed by atoms with Crippen molar-refractivity contribution in [3.8, 4) is 0 Å². The van der Waals surface area contributed by atoms with Gasteiger partial charge < -0.3 is 4.90 Å². The molecule has 5 nitrogen and oxygen atoms in total. The Kier molecular flexibility index (Phi) is 7.29. The number of sulfonamides is 1. The van der Waals surface area contributed by atoms with Gasteiger partial charge in [0.05, 0.1) is 11.7 Å². The fraction of sp³-hybridized carbons (Fsp3) is 0.650. The van der Waals surface area contributed by atoms with E-state index >= 15 is 0 Å². The number of benzene rings is 1. The highest BCUT2D eigenvalue weighted by atomic mass is 35.5. The normalized spacial score (nSPS) is 22.2. The Hall–Kier alpha value is -0.820. The molecule has 0 N–H and O–H groups in total. The van der Waals surface area contributed by atoms with Crippen molar-refractivity contribution in [1.29, 1.82) is 0 Å². The molecule has 2 aliphatic rings. The Morgan fingerprint density at radius 2 is 1.86 bits per heavy atom. The lowest BCUT2D eigenvalue weighted by molar-refractivity contribution is -0.138. The minimum absolute atomic E-state index is 0.0799. The van der Waals surface area contributed by atoms with Crippen LogP contribution in [0.3, 0.4) is 0 Å². The van der Waals surface area contributed by atoms with Crippen molar-refractivity contribution in [3.05, 3.63) is 33.8 Å². The lowest BCUT2D eigenvalue weighted by Crippen LogP contribution is -2.48. The molecule has 1 aromatic carbocycles. The molecule has 1 saturated carbocycles. The van der Waals surface area contributed by atoms with Gasteiger partial charge in [-0.2, -0.15) is 0 Å². The summed E-state index contributed by atoms with van der Waals surface area (Å²) in [6.45, 7) is 0.702. The van der Waals surface area contributed by atoms with Gasteiger partial charge in [-0.3, -0.25) is 4.79 Å². The second-order valence-electron chi connectivity index (χ2n) is 7.93. The summed E-state index contributed by atoms with van der Waals surface area (Å²) in [5.74, 6) is -0.366. The molecule has 1 aliphatic heterocycles. The van der Waals surface area contributed by atoms with Crippen LogP contribution < -0.4 is 0 Å². The fourth-order valence-corrected chi connectivity index (χ4v) is 6.46. The molecule has 28 heavy (non-hydrogen) atoms. The van der Waals surface area contributed by atoms with E-state index in [1.807, 2.05) is 11.9 Å². The number of halogens is 2. The summed E-state index contributed by atoms with van der Waals surface area (Å²) < 4.78 is 27.3. The number of piperidine rings is 1. The van der Waals surface area contributed by atoms with Crippen LogP contribution in [0.5, 0.6) is 0 Å². The molecular formula is C20H28Cl2N2O3S. The Labute approximate surface area is 178 Å². The largest absolute Gasteiger partial charge is 0.342 e. The van der Waals surface area contributed by atoms with Crippen LogP contribution in [0, 0.1) is 5.92 Å². The zero-order valence-corrected chi connectivity index (χ0v) is 18.6. The van der Waals surface area contributed by atoms with Crippen molar-refractivity contribution < 1.29 is 13.2 Å². The van der Waals surface area contributed by atoms with E-state index in [2.05, 4.69) is 0 Å². The van der Waals surface area contributed by atoms with Crippen LogP contribution in [0.4, 0.5) is 0 Å². The Morgan fingerprint density at radius 3 is 2.54 bits per heavy atom. The number of carbonyl (C=O) groups excluding carboxylic acids is 1. The molecule has 156 valence electrons. The number of hydrogen-bond donors (Lipinski definition) is 0. The molecule has 0 spiro atoms. The number of hydrogen-bond acceptors (Lipinski definition) is 3. The minimum Gasteiger partial charge on any atom is -0.342 e. The van der Waals surface area contributed by atoms with Crippen LogP contribution in [0.15, 0.2) is 18.2 Å². The van der Waals surface area contributed by atoms with Crippen LogP contribution in [-0.4, -0.2) is 49.7 Å². The fourth-order valence-electron chi connectivity index (χ4n) is 4.26. The predicted molar refractivity (Wildman–Crippen MR) is 113 cm³/mol. The summed E-state index contributed by atoms with van der Waals surface area (Å²) in [7, 11) is -1.68. The topological polar surface area (TPSA) is 57.7 Å². The maximum absolute atomic E-state index is 13.0. The Bertz CT molecular complexity index is 810. The van der Waals surface area contributed by atoms with Crippen LogP contribution in [0.2, 0.25) is 10.0 Å². The third-order valence-electron chi connectivity index (χ3n) is 5.95. The van der Waals surface area contributed by atoms with E-state index in [9.17, 15) is 13.2 Å². The summed E-state index contributed by atoms with van der Waals surface area (Å²) in [6.07, 6.45) is 7.09. The third kappa shape index (κ3) is 5.21. The predicted octanol–water partition coefficient (Wildman–Crippen LogP) is 4.33. The van der Waals surface area contributed by atoms with Gasteiger partial charge in [-0.05, 0) is 43.4 Å². The first-order valence-corrected chi connectivity index (χ1v) is 12.3. The first kappa shape index (κ1) is 21.9. The summed E-state index contributed by atoms with van der Waals surface area (Å²) in [4.78, 5) is 14.9. The third-order valence-corrected chi connectivity index (χ3v) is 8.33. The molecular weight excluding hydrogens is 419 g/mol. The van der Waals surface area contributed by atoms with Gasteiger partial charge in [-0.1, -0.05) is 48.5 Å². The Morgan fingerprint density at radius 1 is 1.14 bits per heavy atom. The highest BCUT2D eigenvalue weighted by Gasteiger charge is 2.35. The molecule has 1 atom stereocenters. The van der Waals surface area contributed by atoms with Gasteiger partial charge in [0.1, 0.15) is 0 Å². The van der Waals surface area contributed by atoms with Crippen LogP contribution >= 0.6 is 23.2 Å². The van der Waals surface area contributed by atoms with Gasteiger partial charge >= 0.3 is 0 Å². The van der Waals surface area contributed by atoms with Crippen molar-refractivity contribution in [3.63, 3.8) is 0 Å². The van der Waals surface area contributed by atoms with Gasteiger partial charge in [0.25, 0.3) is 0 Å². The van der Waals surface area contributed by atoms with Gasteiger partial charge in [0, 0.05) is 36.2 Å². The summed E-state index contributed by atoms with van der Waals surface area (Å²) in [5.41, 5.74) is 0.527. The highest BCUT2D eigenvalue weighted by molar-refractivity contribution is 7.88. The molecule has 0 unspecified atom stereocenters. The van der Waals surface area contributed by atoms with E-state index in [1.165, 1.54) is 10.7 Å². The summed E-state index contributed by atoms with van der Waals surface area (Å²) in [5, 5.41) is 0.818. The number of rotatable bonds is 5. The monoisotopic (exact) mass is 446 g/mol. The van der Waals surface area contributed by atoms with Gasteiger partial charge in [-0.25, -0.2) is 12.7 Å². The standard InChI is InChI=1S/C20H28Cl2N2O3S/c1-23(18-7-3-2-4-8-18)20(25)15-6-5-11-24(13-15)28(26,27)14-16-9-10-17(21)12-19(16)22/h9-10,12,15,18H,2-8,11,13-14H2,1H3/t15-/m0/s1. The lowest BCUT2D eigenvalue weighted by atomic mass is 9.92. The molecule has 0 radical (unpaired) electrons. The average molecular weight is 447 g/mol. The second kappa shape index (κ2) is 9.33. The Balaban J connectivity index is 1.66. The van der Waals surface area contributed by atoms with Gasteiger partial charge in [0.2, 0.25) is 15.9 Å². The van der Waals surface area contributed by atoms with Crippen LogP contribution in [0.25, 0.3) is 0 Å². The molecule has 0 aromatic heterocycles. The van der Waals surface area contributed by atoms with Crippen molar-refractivity contribution in [1.82, 2.24) is 9.21 Å². The minimum atomic E-state index is -3.55. The van der Waals surface area contributed by atoms with Gasteiger partial charge in [-0.15, -0.1) is 0 Å². The second-order valence-corrected chi connectivity index (χ2v) is 10.7. The molecule has 1 amide bonds. The molecule has 3 rings (SSSR count). The quantitative estimate of drug-likeness (QED) is 0.675. The highest BCUT2D eigenvalue weighted by Crippen LogP contribution is 2.28. The maximum atomic E-state index is 13.0. The van der Waals surface area contributed by atoms with E-state index in [0.29, 0.717) is 34.6 Å². The molecule has 1 heterocycles. The first-order chi connectivity index (χ1) is 13.3. The molecule has 1 saturated heterocycles. The van der Waals surface area contributed by atoms with E-state index in [4.69, 9.17) is 23.2 Å². The average Bonchev–Trinajstić information content (AvgIpc) is 2.70. The van der Waals surface area contributed by atoms with Crippen LogP contribution in [-0.2, 0) is 20.6 Å². The van der Waals surface area contributed by atoms with Crippen molar-refractivity contribution in [2.75, 3.05) is 20.1 Å². The first-order valence-electron chi connectivity index (χ1n) is 9.96. The smallest absolute Gasteiger partial charge is 0.227 e. The molecule has 1 aromatic rings. The molecule has 1 aliphatic carbocycles. The zero-order chi connectivity index (χ0) is 20.3. The van der Waals surface area contributed by atoms with Crippen molar-refractivity contribution in [2.45, 2.75) is 56.7 Å². The number of amides is 1. The van der Waals surface area contributed by atoms with Crippen LogP contribution in [0.1, 0.15) is 50.5 Å². The van der Waals surface area contributed by atoms with Gasteiger partial charge in [0.15, 0.2) is 0 Å². The SMILES string of the molecule is CN(C(=O)[C@H]1CCCN(S(=O)(=O)Cc2ccc(Cl)cc2Cl)C1)C1CCCCC1. The zero-order valence-electron chi connectivity index (χ0n) is 16.2. The van der Waals surface area contributed by atoms with E-state index in [0.717, 1.165) is 32.1 Å². The molecule has 0 bridgehead atoms. The van der Waals surface area contributed by atoms with E-state index in [-0.39, 0.29) is 24.1 Å². The van der Waals surface area contributed by atoms with Crippen molar-refractivity contribution in [2.24, 2.45) is 5.92 Å². The lowest BCUT2D eigenvalue weighted by Gasteiger charge is -2.37. The number of nitrogens with zero attached hydrogens (tertiary/aromatic N) is 2. The summed E-state index contributed by atoms with van der Waals surface area (Å²) in [6, 6.07) is 5.13. The number of carbonyl (C=O) groups is 1. The summed E-state index contributed by atoms with van der Waals surface area (Å²) >= 11 is 12.1. The van der Waals surface area contributed by atoms with E-state index < -0.39 is 10.0 Å².